The second-order valence-electron chi connectivity index (χ2n) is 2.78. The predicted octanol–water partition coefficient (Wildman–Crippen LogP) is 0.723. The Labute approximate surface area is 72.9 Å². The zero-order chi connectivity index (χ0) is 7.61. The average Bonchev–Trinajstić information content (AvgIpc) is 2.70. The van der Waals surface area contributed by atoms with Crippen LogP contribution in [-0.2, 0) is 9.53 Å². The zero-order valence-electron chi connectivity index (χ0n) is 6.85. The van der Waals surface area contributed by atoms with Crippen LogP contribution in [0.25, 0.3) is 0 Å². The van der Waals surface area contributed by atoms with E-state index in [4.69, 9.17) is 0 Å². The number of hydrogen-bond acceptors (Lipinski definition) is 3. The Morgan fingerprint density at radius 3 is 2.45 bits per heavy atom. The van der Waals surface area contributed by atoms with Gasteiger partial charge in [0.05, 0.1) is 13.5 Å². The normalized spacial score (nSPS) is 18.4. The summed E-state index contributed by atoms with van der Waals surface area (Å²) in [5.41, 5.74) is 0.0904. The number of esters is 1. The van der Waals surface area contributed by atoms with Crippen molar-refractivity contribution in [1.82, 2.24) is 5.32 Å². The van der Waals surface area contributed by atoms with Gasteiger partial charge in [-0.1, -0.05) is 0 Å². The molecule has 0 atom stereocenters. The first kappa shape index (κ1) is 10.7. The summed E-state index contributed by atoms with van der Waals surface area (Å²) in [4.78, 5) is 10.8. The summed E-state index contributed by atoms with van der Waals surface area (Å²) in [6.45, 7) is 0. The number of methoxy groups -OCH3 is 1. The first-order valence-electron chi connectivity index (χ1n) is 3.48. The first-order chi connectivity index (χ1) is 4.72. The fourth-order valence-corrected chi connectivity index (χ4v) is 1.01. The Morgan fingerprint density at radius 1 is 1.64 bits per heavy atom. The summed E-state index contributed by atoms with van der Waals surface area (Å²) in [5.74, 6) is -0.119. The van der Waals surface area contributed by atoms with E-state index in [1.807, 2.05) is 7.05 Å². The van der Waals surface area contributed by atoms with Crippen LogP contribution < -0.4 is 5.32 Å². The van der Waals surface area contributed by atoms with Crippen LogP contribution in [0.15, 0.2) is 0 Å². The maximum atomic E-state index is 10.8. The van der Waals surface area contributed by atoms with Crippen LogP contribution in [0.3, 0.4) is 0 Å². The third-order valence-corrected chi connectivity index (χ3v) is 2.09. The van der Waals surface area contributed by atoms with Gasteiger partial charge < -0.3 is 10.1 Å². The van der Waals surface area contributed by atoms with Gasteiger partial charge in [0.2, 0.25) is 0 Å². The molecule has 0 aromatic carbocycles. The van der Waals surface area contributed by atoms with E-state index in [1.54, 1.807) is 0 Å². The van der Waals surface area contributed by atoms with E-state index in [2.05, 4.69) is 10.1 Å². The van der Waals surface area contributed by atoms with Crippen LogP contribution in [0.5, 0.6) is 0 Å². The van der Waals surface area contributed by atoms with Crippen LogP contribution in [0.1, 0.15) is 19.3 Å². The summed E-state index contributed by atoms with van der Waals surface area (Å²) in [5, 5.41) is 3.12. The maximum absolute atomic E-state index is 10.8. The van der Waals surface area contributed by atoms with E-state index < -0.39 is 0 Å². The fraction of sp³-hybridized carbons (Fsp3) is 0.857. The standard InChI is InChI=1S/C7H13NO2.ClH/c1-8-7(3-4-7)5-6(9)10-2;/h8H,3-5H2,1-2H3;1H. The minimum Gasteiger partial charge on any atom is -0.469 e. The molecular formula is C7H14ClNO2. The van der Waals surface area contributed by atoms with E-state index in [0.717, 1.165) is 12.8 Å². The monoisotopic (exact) mass is 179 g/mol. The van der Waals surface area contributed by atoms with E-state index >= 15 is 0 Å². The van der Waals surface area contributed by atoms with Gasteiger partial charge >= 0.3 is 5.97 Å². The summed E-state index contributed by atoms with van der Waals surface area (Å²) in [6.07, 6.45) is 2.71. The quantitative estimate of drug-likeness (QED) is 0.649. The Balaban J connectivity index is 0.000001000. The number of nitrogens with one attached hydrogen (secondary N) is 1. The van der Waals surface area contributed by atoms with Crippen molar-refractivity contribution in [3.05, 3.63) is 0 Å². The van der Waals surface area contributed by atoms with Crippen LogP contribution in [-0.4, -0.2) is 25.7 Å². The van der Waals surface area contributed by atoms with Gasteiger partial charge in [0.1, 0.15) is 0 Å². The summed E-state index contributed by atoms with van der Waals surface area (Å²) in [7, 11) is 3.31. The van der Waals surface area contributed by atoms with Crippen molar-refractivity contribution >= 4 is 18.4 Å². The van der Waals surface area contributed by atoms with Crippen LogP contribution in [0.4, 0.5) is 0 Å². The highest BCUT2D eigenvalue weighted by atomic mass is 35.5. The Bertz CT molecular complexity index is 145. The molecule has 4 heteroatoms. The Hall–Kier alpha value is -0.280. The highest BCUT2D eigenvalue weighted by molar-refractivity contribution is 5.85. The van der Waals surface area contributed by atoms with Crippen LogP contribution >= 0.6 is 12.4 Å². The molecule has 1 aliphatic rings. The van der Waals surface area contributed by atoms with Gasteiger partial charge in [-0.05, 0) is 19.9 Å². The van der Waals surface area contributed by atoms with Crippen molar-refractivity contribution in [3.8, 4) is 0 Å². The largest absolute Gasteiger partial charge is 0.469 e. The van der Waals surface area contributed by atoms with Crippen molar-refractivity contribution in [2.24, 2.45) is 0 Å². The molecule has 0 aliphatic heterocycles. The molecule has 1 saturated carbocycles. The van der Waals surface area contributed by atoms with Crippen molar-refractivity contribution in [3.63, 3.8) is 0 Å². The molecule has 3 nitrogen and oxygen atoms in total. The summed E-state index contributed by atoms with van der Waals surface area (Å²) in [6, 6.07) is 0. The van der Waals surface area contributed by atoms with Gasteiger partial charge in [-0.25, -0.2) is 0 Å². The lowest BCUT2D eigenvalue weighted by Gasteiger charge is -2.10. The highest BCUT2D eigenvalue weighted by Crippen LogP contribution is 2.38. The Morgan fingerprint density at radius 2 is 2.18 bits per heavy atom. The molecule has 0 spiro atoms. The molecule has 0 saturated heterocycles. The SMILES string of the molecule is CNC1(CC(=O)OC)CC1.Cl. The first-order valence-corrected chi connectivity index (χ1v) is 3.48. The molecule has 0 unspecified atom stereocenters. The van der Waals surface area contributed by atoms with Gasteiger partial charge in [0.15, 0.2) is 0 Å². The molecule has 0 radical (unpaired) electrons. The molecule has 0 aromatic rings. The number of carbonyl (C=O) groups excluding carboxylic acids is 1. The van der Waals surface area contributed by atoms with E-state index in [-0.39, 0.29) is 23.9 Å². The van der Waals surface area contributed by atoms with E-state index in [0.29, 0.717) is 6.42 Å². The number of halogens is 1. The lowest BCUT2D eigenvalue weighted by Crippen LogP contribution is -2.30. The fourth-order valence-electron chi connectivity index (χ4n) is 1.01. The van der Waals surface area contributed by atoms with Crippen LogP contribution in [0, 0.1) is 0 Å². The molecule has 0 aromatic heterocycles. The van der Waals surface area contributed by atoms with Crippen molar-refractivity contribution < 1.29 is 9.53 Å². The third kappa shape index (κ3) is 2.67. The average molecular weight is 180 g/mol. The molecular weight excluding hydrogens is 166 g/mol. The molecule has 0 heterocycles. The second-order valence-corrected chi connectivity index (χ2v) is 2.78. The van der Waals surface area contributed by atoms with E-state index in [1.165, 1.54) is 7.11 Å². The Kier molecular flexibility index (Phi) is 3.83. The number of ether oxygens (including phenoxy) is 1. The molecule has 1 aliphatic carbocycles. The van der Waals surface area contributed by atoms with Gasteiger partial charge in [-0.3, -0.25) is 4.79 Å². The van der Waals surface area contributed by atoms with Crippen LogP contribution in [0.2, 0.25) is 0 Å². The van der Waals surface area contributed by atoms with Gasteiger partial charge in [0, 0.05) is 5.54 Å². The van der Waals surface area contributed by atoms with Crippen molar-refractivity contribution in [1.29, 1.82) is 0 Å². The molecule has 66 valence electrons. The number of hydrogen-bond donors (Lipinski definition) is 1. The molecule has 11 heavy (non-hydrogen) atoms. The summed E-state index contributed by atoms with van der Waals surface area (Å²) < 4.78 is 4.55. The van der Waals surface area contributed by atoms with E-state index in [9.17, 15) is 4.79 Å². The third-order valence-electron chi connectivity index (χ3n) is 2.09. The topological polar surface area (TPSA) is 38.3 Å². The molecule has 1 N–H and O–H groups in total. The summed E-state index contributed by atoms with van der Waals surface area (Å²) >= 11 is 0. The number of rotatable bonds is 3. The van der Waals surface area contributed by atoms with Crippen molar-refractivity contribution in [2.45, 2.75) is 24.8 Å². The zero-order valence-corrected chi connectivity index (χ0v) is 7.66. The molecule has 1 rings (SSSR count). The minimum atomic E-state index is -0.119. The van der Waals surface area contributed by atoms with Crippen molar-refractivity contribution in [2.75, 3.05) is 14.2 Å². The molecule has 1 fully saturated rings. The highest BCUT2D eigenvalue weighted by Gasteiger charge is 2.43. The molecule has 0 bridgehead atoms. The lowest BCUT2D eigenvalue weighted by molar-refractivity contribution is -0.141. The number of carbonyl (C=O) groups is 1. The maximum Gasteiger partial charge on any atom is 0.307 e. The smallest absolute Gasteiger partial charge is 0.307 e. The van der Waals surface area contributed by atoms with Gasteiger partial charge in [-0.15, -0.1) is 12.4 Å². The minimum absolute atomic E-state index is 0. The lowest BCUT2D eigenvalue weighted by atomic mass is 10.2. The molecule has 0 amide bonds. The predicted molar refractivity (Wildman–Crippen MR) is 44.9 cm³/mol. The van der Waals surface area contributed by atoms with Gasteiger partial charge in [0.25, 0.3) is 0 Å². The second kappa shape index (κ2) is 3.93. The van der Waals surface area contributed by atoms with Gasteiger partial charge in [-0.2, -0.15) is 0 Å².